The zero-order valence-electron chi connectivity index (χ0n) is 16.9. The molecule has 2 amide bonds. The minimum absolute atomic E-state index is 0.0168. The largest absolute Gasteiger partial charge is 0.372 e. The summed E-state index contributed by atoms with van der Waals surface area (Å²) in [6.45, 7) is 11.5. The summed E-state index contributed by atoms with van der Waals surface area (Å²) in [7, 11) is 0. The Morgan fingerprint density at radius 3 is 2.11 bits per heavy atom. The monoisotopic (exact) mass is 367 g/mol. The van der Waals surface area contributed by atoms with Gasteiger partial charge in [0, 0.05) is 37.1 Å². The van der Waals surface area contributed by atoms with Crippen molar-refractivity contribution >= 4 is 28.9 Å². The molecule has 0 aromatic heterocycles. The second-order valence-corrected chi connectivity index (χ2v) is 6.66. The van der Waals surface area contributed by atoms with E-state index in [1.54, 1.807) is 0 Å². The van der Waals surface area contributed by atoms with Gasteiger partial charge in [-0.3, -0.25) is 9.59 Å². The van der Waals surface area contributed by atoms with Crippen molar-refractivity contribution in [3.8, 4) is 0 Å². The van der Waals surface area contributed by atoms with Gasteiger partial charge in [0.2, 0.25) is 11.8 Å². The molecule has 0 saturated heterocycles. The second kappa shape index (κ2) is 9.21. The lowest BCUT2D eigenvalue weighted by molar-refractivity contribution is -0.120. The first kappa shape index (κ1) is 20.5. The Morgan fingerprint density at radius 1 is 0.963 bits per heavy atom. The van der Waals surface area contributed by atoms with Crippen molar-refractivity contribution in [2.45, 2.75) is 34.6 Å². The van der Waals surface area contributed by atoms with E-state index in [0.717, 1.165) is 41.3 Å². The molecule has 0 aliphatic heterocycles. The van der Waals surface area contributed by atoms with Gasteiger partial charge in [-0.25, -0.2) is 0 Å². The predicted octanol–water partition coefficient (Wildman–Crippen LogP) is 4.14. The van der Waals surface area contributed by atoms with Gasteiger partial charge in [-0.1, -0.05) is 17.7 Å². The van der Waals surface area contributed by atoms with Crippen LogP contribution in [0.5, 0.6) is 0 Å². The third-order valence-electron chi connectivity index (χ3n) is 4.60. The van der Waals surface area contributed by atoms with Gasteiger partial charge in [0.05, 0.1) is 0 Å². The average Bonchev–Trinajstić information content (AvgIpc) is 2.62. The van der Waals surface area contributed by atoms with Crippen molar-refractivity contribution in [2.75, 3.05) is 34.8 Å². The molecule has 0 aliphatic carbocycles. The van der Waals surface area contributed by atoms with Crippen LogP contribution < -0.4 is 15.1 Å². The quantitative estimate of drug-likeness (QED) is 0.800. The molecule has 5 nitrogen and oxygen atoms in total. The number of aryl methyl sites for hydroxylation is 2. The number of hydrogen-bond donors (Lipinski definition) is 1. The standard InChI is InChI=1S/C22H29N3O2/c1-6-24(7-2)20-11-9-19(10-12-20)23-22(27)15-25(18(5)26)21-13-8-16(3)14-17(21)4/h8-14H,6-7,15H2,1-5H3,(H,23,27). The van der Waals surface area contributed by atoms with Crippen molar-refractivity contribution < 1.29 is 9.59 Å². The number of nitrogens with one attached hydrogen (secondary N) is 1. The molecular formula is C22H29N3O2. The van der Waals surface area contributed by atoms with E-state index in [1.807, 2.05) is 56.3 Å². The zero-order chi connectivity index (χ0) is 20.0. The lowest BCUT2D eigenvalue weighted by atomic mass is 10.1. The highest BCUT2D eigenvalue weighted by Crippen LogP contribution is 2.22. The Hall–Kier alpha value is -2.82. The molecule has 0 spiro atoms. The lowest BCUT2D eigenvalue weighted by Gasteiger charge is -2.23. The third-order valence-corrected chi connectivity index (χ3v) is 4.60. The fourth-order valence-corrected chi connectivity index (χ4v) is 3.16. The van der Waals surface area contributed by atoms with Crippen molar-refractivity contribution in [1.82, 2.24) is 0 Å². The Balaban J connectivity index is 2.09. The number of hydrogen-bond acceptors (Lipinski definition) is 3. The van der Waals surface area contributed by atoms with Gasteiger partial charge in [0.1, 0.15) is 6.54 Å². The first-order valence-electron chi connectivity index (χ1n) is 9.35. The first-order valence-corrected chi connectivity index (χ1v) is 9.35. The Kier molecular flexibility index (Phi) is 6.99. The maximum Gasteiger partial charge on any atom is 0.244 e. The van der Waals surface area contributed by atoms with Crippen LogP contribution in [0.1, 0.15) is 31.9 Å². The fraction of sp³-hybridized carbons (Fsp3) is 0.364. The molecule has 1 N–H and O–H groups in total. The van der Waals surface area contributed by atoms with E-state index in [-0.39, 0.29) is 18.4 Å². The van der Waals surface area contributed by atoms with Crippen LogP contribution >= 0.6 is 0 Å². The van der Waals surface area contributed by atoms with Crippen LogP contribution in [0.3, 0.4) is 0 Å². The van der Waals surface area contributed by atoms with Gasteiger partial charge in [0.15, 0.2) is 0 Å². The van der Waals surface area contributed by atoms with E-state index >= 15 is 0 Å². The SMILES string of the molecule is CCN(CC)c1ccc(NC(=O)CN(C(C)=O)c2ccc(C)cc2C)cc1. The summed E-state index contributed by atoms with van der Waals surface area (Å²) in [6.07, 6.45) is 0. The molecule has 144 valence electrons. The molecule has 0 bridgehead atoms. The number of anilines is 3. The van der Waals surface area contributed by atoms with E-state index in [4.69, 9.17) is 0 Å². The molecule has 0 saturated carbocycles. The highest BCUT2D eigenvalue weighted by Gasteiger charge is 2.17. The Bertz CT molecular complexity index is 796. The van der Waals surface area contributed by atoms with Gasteiger partial charge in [-0.2, -0.15) is 0 Å². The van der Waals surface area contributed by atoms with Crippen molar-refractivity contribution in [3.05, 3.63) is 53.6 Å². The Labute approximate surface area is 162 Å². The van der Waals surface area contributed by atoms with Gasteiger partial charge in [0.25, 0.3) is 0 Å². The number of nitrogens with zero attached hydrogens (tertiary/aromatic N) is 2. The first-order chi connectivity index (χ1) is 12.8. The third kappa shape index (κ3) is 5.33. The van der Waals surface area contributed by atoms with Crippen LogP contribution in [0.25, 0.3) is 0 Å². The topological polar surface area (TPSA) is 52.7 Å². The second-order valence-electron chi connectivity index (χ2n) is 6.66. The van der Waals surface area contributed by atoms with Gasteiger partial charge < -0.3 is 15.1 Å². The van der Waals surface area contributed by atoms with E-state index in [0.29, 0.717) is 0 Å². The molecule has 2 aromatic carbocycles. The van der Waals surface area contributed by atoms with E-state index < -0.39 is 0 Å². The molecule has 0 fully saturated rings. The maximum atomic E-state index is 12.5. The molecule has 2 rings (SSSR count). The molecule has 2 aromatic rings. The van der Waals surface area contributed by atoms with Crippen LogP contribution in [0.15, 0.2) is 42.5 Å². The van der Waals surface area contributed by atoms with Crippen molar-refractivity contribution in [1.29, 1.82) is 0 Å². The minimum atomic E-state index is -0.222. The zero-order valence-corrected chi connectivity index (χ0v) is 16.9. The normalized spacial score (nSPS) is 10.4. The smallest absolute Gasteiger partial charge is 0.244 e. The highest BCUT2D eigenvalue weighted by atomic mass is 16.2. The molecule has 0 aliphatic rings. The van der Waals surface area contributed by atoms with Crippen LogP contribution in [0, 0.1) is 13.8 Å². The molecular weight excluding hydrogens is 338 g/mol. The predicted molar refractivity (Wildman–Crippen MR) is 113 cm³/mol. The molecule has 0 radical (unpaired) electrons. The van der Waals surface area contributed by atoms with Crippen LogP contribution in [0.2, 0.25) is 0 Å². The number of benzene rings is 2. The minimum Gasteiger partial charge on any atom is -0.372 e. The fourth-order valence-electron chi connectivity index (χ4n) is 3.16. The average molecular weight is 367 g/mol. The van der Waals surface area contributed by atoms with Gasteiger partial charge >= 0.3 is 0 Å². The summed E-state index contributed by atoms with van der Waals surface area (Å²) >= 11 is 0. The summed E-state index contributed by atoms with van der Waals surface area (Å²) in [4.78, 5) is 28.3. The van der Waals surface area contributed by atoms with E-state index in [1.165, 1.54) is 11.8 Å². The van der Waals surface area contributed by atoms with Crippen molar-refractivity contribution in [2.24, 2.45) is 0 Å². The summed E-state index contributed by atoms with van der Waals surface area (Å²) in [5.74, 6) is -0.380. The summed E-state index contributed by atoms with van der Waals surface area (Å²) in [5.41, 5.74) is 4.71. The van der Waals surface area contributed by atoms with Crippen LogP contribution in [-0.4, -0.2) is 31.4 Å². The molecule has 0 atom stereocenters. The Morgan fingerprint density at radius 2 is 1.59 bits per heavy atom. The molecule has 0 unspecified atom stereocenters. The van der Waals surface area contributed by atoms with E-state index in [9.17, 15) is 9.59 Å². The van der Waals surface area contributed by atoms with Gasteiger partial charge in [-0.15, -0.1) is 0 Å². The summed E-state index contributed by atoms with van der Waals surface area (Å²) in [6, 6.07) is 13.6. The summed E-state index contributed by atoms with van der Waals surface area (Å²) in [5, 5.41) is 2.88. The number of rotatable bonds is 7. The van der Waals surface area contributed by atoms with Crippen LogP contribution in [-0.2, 0) is 9.59 Å². The molecule has 0 heterocycles. The number of carbonyl (C=O) groups excluding carboxylic acids is 2. The molecule has 5 heteroatoms. The number of amides is 2. The summed E-state index contributed by atoms with van der Waals surface area (Å²) < 4.78 is 0. The number of carbonyl (C=O) groups is 2. The van der Waals surface area contributed by atoms with Crippen LogP contribution in [0.4, 0.5) is 17.1 Å². The molecule has 27 heavy (non-hydrogen) atoms. The highest BCUT2D eigenvalue weighted by molar-refractivity contribution is 6.02. The van der Waals surface area contributed by atoms with Crippen molar-refractivity contribution in [3.63, 3.8) is 0 Å². The maximum absolute atomic E-state index is 12.5. The van der Waals surface area contributed by atoms with E-state index in [2.05, 4.69) is 24.1 Å². The lowest BCUT2D eigenvalue weighted by Crippen LogP contribution is -2.37. The van der Waals surface area contributed by atoms with Gasteiger partial charge in [-0.05, 0) is 63.6 Å².